The van der Waals surface area contributed by atoms with E-state index in [9.17, 15) is 0 Å². The van der Waals surface area contributed by atoms with Crippen molar-refractivity contribution in [2.24, 2.45) is 0 Å². The largest absolute Gasteiger partial charge is 0.492 e. The average molecular weight is 168 g/mol. The number of nitrogens with one attached hydrogen (secondary N) is 1. The van der Waals surface area contributed by atoms with E-state index in [-0.39, 0.29) is 0 Å². The van der Waals surface area contributed by atoms with E-state index in [0.29, 0.717) is 11.9 Å². The summed E-state index contributed by atoms with van der Waals surface area (Å²) in [7, 11) is -1.41. The molecule has 0 atom stereocenters. The van der Waals surface area contributed by atoms with Crippen LogP contribution in [0.4, 0.5) is 0 Å². The molecule has 0 aliphatic heterocycles. The van der Waals surface area contributed by atoms with E-state index in [1.807, 2.05) is 13.8 Å². The predicted molar refractivity (Wildman–Crippen MR) is 47.2 cm³/mol. The second-order valence-corrected chi connectivity index (χ2v) is 2.64. The summed E-state index contributed by atoms with van der Waals surface area (Å²) in [5, 5.41) is 24.8. The summed E-state index contributed by atoms with van der Waals surface area (Å²) in [6.07, 6.45) is 1.45. The maximum atomic E-state index is 9.03. The lowest BCUT2D eigenvalue weighted by Gasteiger charge is -2.00. The first-order chi connectivity index (χ1) is 5.70. The molecule has 0 radical (unpaired) electrons. The molecule has 66 valence electrons. The van der Waals surface area contributed by atoms with Crippen molar-refractivity contribution in [3.05, 3.63) is 11.4 Å². The maximum absolute atomic E-state index is 9.03. The first-order valence-corrected chi connectivity index (χ1v) is 4.12. The summed E-state index contributed by atoms with van der Waals surface area (Å²) in [5.74, 6) is 0. The van der Waals surface area contributed by atoms with Crippen molar-refractivity contribution >= 4 is 12.6 Å². The fourth-order valence-electron chi connectivity index (χ4n) is 1.27. The Balaban J connectivity index is 3.07. The lowest BCUT2D eigenvalue weighted by molar-refractivity contribution is 0.425. The quantitative estimate of drug-likeness (QED) is 0.518. The number of aryl methyl sites for hydroxylation is 2. The average Bonchev–Trinajstić information content (AvgIpc) is 2.46. The molecule has 1 rings (SSSR count). The molecule has 0 aliphatic rings. The van der Waals surface area contributed by atoms with Crippen molar-refractivity contribution in [1.29, 1.82) is 0 Å². The van der Waals surface area contributed by atoms with Crippen LogP contribution in [0, 0.1) is 0 Å². The van der Waals surface area contributed by atoms with Crippen molar-refractivity contribution in [2.45, 2.75) is 26.7 Å². The second kappa shape index (κ2) is 3.73. The van der Waals surface area contributed by atoms with Gasteiger partial charge in [-0.25, -0.2) is 0 Å². The van der Waals surface area contributed by atoms with Crippen LogP contribution in [0.1, 0.15) is 25.2 Å². The molecular weight excluding hydrogens is 155 g/mol. The van der Waals surface area contributed by atoms with Crippen molar-refractivity contribution in [3.8, 4) is 0 Å². The highest BCUT2D eigenvalue weighted by molar-refractivity contribution is 6.59. The first kappa shape index (κ1) is 9.28. The standard InChI is InChI=1S/C7H13BN2O2/c1-3-5-7(8(11)12)6(4-2)10-9-5/h11-12H,3-4H2,1-2H3,(H,9,10). The molecule has 4 nitrogen and oxygen atoms in total. The molecule has 0 spiro atoms. The number of hydrogen-bond donors (Lipinski definition) is 3. The van der Waals surface area contributed by atoms with Crippen molar-refractivity contribution in [3.63, 3.8) is 0 Å². The van der Waals surface area contributed by atoms with Gasteiger partial charge < -0.3 is 10.0 Å². The number of hydrogen-bond acceptors (Lipinski definition) is 3. The topological polar surface area (TPSA) is 69.1 Å². The van der Waals surface area contributed by atoms with Gasteiger partial charge in [-0.3, -0.25) is 5.10 Å². The third-order valence-corrected chi connectivity index (χ3v) is 1.91. The van der Waals surface area contributed by atoms with Crippen LogP contribution in [0.5, 0.6) is 0 Å². The van der Waals surface area contributed by atoms with E-state index in [1.165, 1.54) is 0 Å². The number of aromatic nitrogens is 2. The lowest BCUT2D eigenvalue weighted by atomic mass is 9.77. The summed E-state index contributed by atoms with van der Waals surface area (Å²) in [5.41, 5.74) is 2.09. The SMILES string of the molecule is CCc1n[nH]c(CC)c1B(O)O. The Morgan fingerprint density at radius 3 is 2.42 bits per heavy atom. The normalized spacial score (nSPS) is 10.3. The van der Waals surface area contributed by atoms with Crippen LogP contribution in [0.25, 0.3) is 0 Å². The van der Waals surface area contributed by atoms with Crippen molar-refractivity contribution in [1.82, 2.24) is 10.2 Å². The van der Waals surface area contributed by atoms with E-state index in [1.54, 1.807) is 0 Å². The zero-order valence-electron chi connectivity index (χ0n) is 7.33. The molecule has 0 amide bonds. The Hall–Kier alpha value is -0.805. The molecule has 0 saturated heterocycles. The molecule has 1 aromatic rings. The number of H-pyrrole nitrogens is 1. The van der Waals surface area contributed by atoms with E-state index in [0.717, 1.165) is 17.8 Å². The van der Waals surface area contributed by atoms with Gasteiger partial charge >= 0.3 is 7.12 Å². The third kappa shape index (κ3) is 1.51. The van der Waals surface area contributed by atoms with E-state index < -0.39 is 7.12 Å². The summed E-state index contributed by atoms with van der Waals surface area (Å²) in [6, 6.07) is 0. The van der Waals surface area contributed by atoms with Crippen LogP contribution in [0.3, 0.4) is 0 Å². The Bertz CT molecular complexity index is 238. The highest BCUT2D eigenvalue weighted by Gasteiger charge is 2.21. The molecule has 12 heavy (non-hydrogen) atoms. The zero-order chi connectivity index (χ0) is 9.14. The Kier molecular flexibility index (Phi) is 2.89. The number of aromatic amines is 1. The van der Waals surface area contributed by atoms with Gasteiger partial charge in [-0.2, -0.15) is 5.10 Å². The van der Waals surface area contributed by atoms with Crippen LogP contribution in [-0.2, 0) is 12.8 Å². The minimum absolute atomic E-state index is 0.542. The zero-order valence-corrected chi connectivity index (χ0v) is 7.33. The van der Waals surface area contributed by atoms with Gasteiger partial charge in [-0.1, -0.05) is 13.8 Å². The van der Waals surface area contributed by atoms with Gasteiger partial charge in [-0.05, 0) is 12.8 Å². The number of rotatable bonds is 3. The second-order valence-electron chi connectivity index (χ2n) is 2.64. The van der Waals surface area contributed by atoms with Gasteiger partial charge in [0.2, 0.25) is 0 Å². The Morgan fingerprint density at radius 1 is 1.33 bits per heavy atom. The highest BCUT2D eigenvalue weighted by Crippen LogP contribution is 1.99. The molecule has 0 bridgehead atoms. The first-order valence-electron chi connectivity index (χ1n) is 4.12. The minimum Gasteiger partial charge on any atom is -0.423 e. The summed E-state index contributed by atoms with van der Waals surface area (Å²) >= 11 is 0. The smallest absolute Gasteiger partial charge is 0.423 e. The highest BCUT2D eigenvalue weighted by atomic mass is 16.4. The molecule has 0 saturated carbocycles. The third-order valence-electron chi connectivity index (χ3n) is 1.91. The monoisotopic (exact) mass is 168 g/mol. The van der Waals surface area contributed by atoms with Crippen LogP contribution < -0.4 is 5.46 Å². The van der Waals surface area contributed by atoms with E-state index >= 15 is 0 Å². The van der Waals surface area contributed by atoms with Crippen LogP contribution in [0.15, 0.2) is 0 Å². The summed E-state index contributed by atoms with van der Waals surface area (Å²) < 4.78 is 0. The maximum Gasteiger partial charge on any atom is 0.492 e. The van der Waals surface area contributed by atoms with Crippen LogP contribution in [-0.4, -0.2) is 27.4 Å². The molecule has 0 fully saturated rings. The fourth-order valence-corrected chi connectivity index (χ4v) is 1.27. The van der Waals surface area contributed by atoms with E-state index in [2.05, 4.69) is 10.2 Å². The molecule has 5 heteroatoms. The van der Waals surface area contributed by atoms with Gasteiger partial charge in [0.1, 0.15) is 0 Å². The molecule has 0 unspecified atom stereocenters. The molecule has 3 N–H and O–H groups in total. The van der Waals surface area contributed by atoms with Gasteiger partial charge in [0.05, 0.1) is 5.69 Å². The van der Waals surface area contributed by atoms with Gasteiger partial charge in [0.15, 0.2) is 0 Å². The van der Waals surface area contributed by atoms with Crippen molar-refractivity contribution in [2.75, 3.05) is 0 Å². The predicted octanol–water partition coefficient (Wildman–Crippen LogP) is -0.786. The molecule has 1 heterocycles. The Morgan fingerprint density at radius 2 is 2.00 bits per heavy atom. The minimum atomic E-state index is -1.41. The summed E-state index contributed by atoms with van der Waals surface area (Å²) in [4.78, 5) is 0. The fraction of sp³-hybridized carbons (Fsp3) is 0.571. The van der Waals surface area contributed by atoms with Gasteiger partial charge in [-0.15, -0.1) is 0 Å². The van der Waals surface area contributed by atoms with Crippen LogP contribution in [0.2, 0.25) is 0 Å². The van der Waals surface area contributed by atoms with Crippen LogP contribution >= 0.6 is 0 Å². The molecule has 1 aromatic heterocycles. The molecular formula is C7H13BN2O2. The Labute approximate surface area is 71.8 Å². The number of nitrogens with zero attached hydrogens (tertiary/aromatic N) is 1. The molecule has 0 aromatic carbocycles. The van der Waals surface area contributed by atoms with Crippen molar-refractivity contribution < 1.29 is 10.0 Å². The van der Waals surface area contributed by atoms with Gasteiger partial charge in [0.25, 0.3) is 0 Å². The van der Waals surface area contributed by atoms with E-state index in [4.69, 9.17) is 10.0 Å². The lowest BCUT2D eigenvalue weighted by Crippen LogP contribution is -2.34. The molecule has 0 aliphatic carbocycles. The van der Waals surface area contributed by atoms with Gasteiger partial charge in [0, 0.05) is 11.2 Å². The summed E-state index contributed by atoms with van der Waals surface area (Å²) in [6.45, 7) is 3.88.